The molecule has 0 radical (unpaired) electrons. The fourth-order valence-corrected chi connectivity index (χ4v) is 2.33. The minimum absolute atomic E-state index is 0.216. The molecule has 2 rings (SSSR count). The van der Waals surface area contributed by atoms with E-state index in [0.717, 1.165) is 4.90 Å². The first kappa shape index (κ1) is 16.5. The van der Waals surface area contributed by atoms with Gasteiger partial charge in [-0.1, -0.05) is 12.1 Å². The van der Waals surface area contributed by atoms with Crippen LogP contribution in [0.3, 0.4) is 0 Å². The van der Waals surface area contributed by atoms with E-state index in [-0.39, 0.29) is 6.73 Å². The molecule has 122 valence electrons. The molecule has 0 aliphatic carbocycles. The zero-order valence-electron chi connectivity index (χ0n) is 12.7. The highest BCUT2D eigenvalue weighted by molar-refractivity contribution is 5.78. The Bertz CT molecular complexity index is 552. The predicted octanol–water partition coefficient (Wildman–Crippen LogP) is 3.08. The molecule has 4 nitrogen and oxygen atoms in total. The quantitative estimate of drug-likeness (QED) is 0.932. The topological polar surface area (TPSA) is 41.6 Å². The SMILES string of the molecule is CC(C)(C)NC(=O)CC(N1COc2ccccc21)C(F)(F)F. The second-order valence-electron chi connectivity index (χ2n) is 6.27. The standard InChI is InChI=1S/C15H19F3N2O2/c1-14(2,3)19-13(21)8-12(15(16,17)18)20-9-22-11-7-5-4-6-10(11)20/h4-7,12H,8-9H2,1-3H3,(H,19,21). The van der Waals surface area contributed by atoms with Crippen molar-refractivity contribution < 1.29 is 22.7 Å². The lowest BCUT2D eigenvalue weighted by atomic mass is 10.1. The molecule has 0 bridgehead atoms. The number of nitrogens with zero attached hydrogens (tertiary/aromatic N) is 1. The second kappa shape index (κ2) is 5.70. The van der Waals surface area contributed by atoms with Crippen LogP contribution in [0.4, 0.5) is 18.9 Å². The Morgan fingerprint density at radius 2 is 1.95 bits per heavy atom. The molecule has 0 saturated heterocycles. The third-order valence-corrected chi connectivity index (χ3v) is 3.18. The highest BCUT2D eigenvalue weighted by atomic mass is 19.4. The van der Waals surface area contributed by atoms with Gasteiger partial charge in [0.15, 0.2) is 6.73 Å². The summed E-state index contributed by atoms with van der Waals surface area (Å²) in [4.78, 5) is 13.0. The van der Waals surface area contributed by atoms with E-state index in [9.17, 15) is 18.0 Å². The van der Waals surface area contributed by atoms with Crippen LogP contribution in [0.5, 0.6) is 5.75 Å². The highest BCUT2D eigenvalue weighted by Gasteiger charge is 2.47. The van der Waals surface area contributed by atoms with E-state index in [1.54, 1.807) is 45.0 Å². The average molecular weight is 316 g/mol. The Morgan fingerprint density at radius 3 is 2.55 bits per heavy atom. The van der Waals surface area contributed by atoms with Crippen LogP contribution in [0.15, 0.2) is 24.3 Å². The van der Waals surface area contributed by atoms with E-state index >= 15 is 0 Å². The van der Waals surface area contributed by atoms with E-state index in [0.29, 0.717) is 11.4 Å². The number of ether oxygens (including phenoxy) is 1. The third kappa shape index (κ3) is 3.84. The fraction of sp³-hybridized carbons (Fsp3) is 0.533. The van der Waals surface area contributed by atoms with Crippen molar-refractivity contribution >= 4 is 11.6 Å². The number of hydrogen-bond donors (Lipinski definition) is 1. The van der Waals surface area contributed by atoms with Crippen LogP contribution in [-0.2, 0) is 4.79 Å². The van der Waals surface area contributed by atoms with E-state index in [2.05, 4.69) is 5.32 Å². The molecule has 0 spiro atoms. The average Bonchev–Trinajstić information content (AvgIpc) is 2.76. The molecular formula is C15H19F3N2O2. The number of fused-ring (bicyclic) bond motifs is 1. The summed E-state index contributed by atoms with van der Waals surface area (Å²) in [6, 6.07) is 4.58. The molecule has 22 heavy (non-hydrogen) atoms. The lowest BCUT2D eigenvalue weighted by Gasteiger charge is -2.31. The van der Waals surface area contributed by atoms with Gasteiger partial charge in [-0.3, -0.25) is 4.79 Å². The molecule has 0 aromatic heterocycles. The van der Waals surface area contributed by atoms with Gasteiger partial charge in [-0.25, -0.2) is 0 Å². The van der Waals surface area contributed by atoms with Crippen molar-refractivity contribution in [2.75, 3.05) is 11.6 Å². The number of halogens is 3. The summed E-state index contributed by atoms with van der Waals surface area (Å²) >= 11 is 0. The number of rotatable bonds is 3. The van der Waals surface area contributed by atoms with Crippen LogP contribution >= 0.6 is 0 Å². The van der Waals surface area contributed by atoms with E-state index in [1.165, 1.54) is 0 Å². The number of hydrogen-bond acceptors (Lipinski definition) is 3. The van der Waals surface area contributed by atoms with E-state index in [4.69, 9.17) is 4.74 Å². The molecule has 1 atom stereocenters. The van der Waals surface area contributed by atoms with Crippen molar-refractivity contribution in [2.24, 2.45) is 0 Å². The minimum atomic E-state index is -4.53. The Morgan fingerprint density at radius 1 is 1.32 bits per heavy atom. The number of alkyl halides is 3. The summed E-state index contributed by atoms with van der Waals surface area (Å²) in [6.45, 7) is 4.96. The van der Waals surface area contributed by atoms with Crippen molar-refractivity contribution in [3.05, 3.63) is 24.3 Å². The summed E-state index contributed by atoms with van der Waals surface area (Å²) in [7, 11) is 0. The van der Waals surface area contributed by atoms with Gasteiger partial charge >= 0.3 is 6.18 Å². The van der Waals surface area contributed by atoms with Crippen molar-refractivity contribution in [3.8, 4) is 5.75 Å². The number of carbonyl (C=O) groups is 1. The van der Waals surface area contributed by atoms with Crippen LogP contribution in [-0.4, -0.2) is 30.4 Å². The molecule has 1 N–H and O–H groups in total. The van der Waals surface area contributed by atoms with Gasteiger partial charge in [-0.15, -0.1) is 0 Å². The Hall–Kier alpha value is -1.92. The molecule has 0 fully saturated rings. The smallest absolute Gasteiger partial charge is 0.409 e. The van der Waals surface area contributed by atoms with Gasteiger partial charge in [0.05, 0.1) is 12.1 Å². The van der Waals surface area contributed by atoms with Crippen molar-refractivity contribution in [2.45, 2.75) is 44.9 Å². The number of anilines is 1. The van der Waals surface area contributed by atoms with Gasteiger partial charge < -0.3 is 15.0 Å². The number of carbonyl (C=O) groups excluding carboxylic acids is 1. The maximum Gasteiger partial charge on any atom is 0.409 e. The Labute approximate surface area is 127 Å². The van der Waals surface area contributed by atoms with Crippen molar-refractivity contribution in [1.82, 2.24) is 5.32 Å². The lowest BCUT2D eigenvalue weighted by molar-refractivity contribution is -0.156. The maximum absolute atomic E-state index is 13.4. The first-order chi connectivity index (χ1) is 10.1. The van der Waals surface area contributed by atoms with Crippen LogP contribution in [0.25, 0.3) is 0 Å². The van der Waals surface area contributed by atoms with Gasteiger partial charge in [-0.2, -0.15) is 13.2 Å². The zero-order chi connectivity index (χ0) is 16.5. The van der Waals surface area contributed by atoms with Gasteiger partial charge in [0.1, 0.15) is 11.8 Å². The summed E-state index contributed by atoms with van der Waals surface area (Å²) in [5.41, 5.74) is -0.222. The van der Waals surface area contributed by atoms with Gasteiger partial charge in [0, 0.05) is 5.54 Å². The predicted molar refractivity (Wildman–Crippen MR) is 76.8 cm³/mol. The molecule has 1 unspecified atom stereocenters. The summed E-state index contributed by atoms with van der Waals surface area (Å²) in [5, 5.41) is 2.56. The molecule has 1 aliphatic rings. The molecule has 1 aromatic carbocycles. The number of benzene rings is 1. The number of nitrogens with one attached hydrogen (secondary N) is 1. The third-order valence-electron chi connectivity index (χ3n) is 3.18. The minimum Gasteiger partial charge on any atom is -0.471 e. The summed E-state index contributed by atoms with van der Waals surface area (Å²) in [5.74, 6) is -0.243. The first-order valence-electron chi connectivity index (χ1n) is 6.94. The van der Waals surface area contributed by atoms with Crippen molar-refractivity contribution in [1.29, 1.82) is 0 Å². The summed E-state index contributed by atoms with van der Waals surface area (Å²) in [6.07, 6.45) is -5.20. The fourth-order valence-electron chi connectivity index (χ4n) is 2.33. The molecular weight excluding hydrogens is 297 g/mol. The molecule has 7 heteroatoms. The molecule has 1 aromatic rings. The second-order valence-corrected chi connectivity index (χ2v) is 6.27. The lowest BCUT2D eigenvalue weighted by Crippen LogP contribution is -2.50. The van der Waals surface area contributed by atoms with Crippen molar-refractivity contribution in [3.63, 3.8) is 0 Å². The Kier molecular flexibility index (Phi) is 4.26. The number of amides is 1. The molecule has 1 heterocycles. The molecule has 1 aliphatic heterocycles. The normalized spacial score (nSPS) is 16.0. The van der Waals surface area contributed by atoms with E-state index in [1.807, 2.05) is 0 Å². The number of para-hydroxylation sites is 2. The van der Waals surface area contributed by atoms with Gasteiger partial charge in [0.25, 0.3) is 0 Å². The van der Waals surface area contributed by atoms with Crippen LogP contribution < -0.4 is 15.0 Å². The summed E-state index contributed by atoms with van der Waals surface area (Å²) < 4.78 is 45.4. The van der Waals surface area contributed by atoms with E-state index < -0.39 is 30.1 Å². The van der Waals surface area contributed by atoms with Gasteiger partial charge in [0.2, 0.25) is 5.91 Å². The molecule has 1 amide bonds. The van der Waals surface area contributed by atoms with Crippen LogP contribution in [0.2, 0.25) is 0 Å². The first-order valence-corrected chi connectivity index (χ1v) is 6.94. The monoisotopic (exact) mass is 316 g/mol. The molecule has 0 saturated carbocycles. The highest BCUT2D eigenvalue weighted by Crippen LogP contribution is 2.39. The zero-order valence-corrected chi connectivity index (χ0v) is 12.7. The maximum atomic E-state index is 13.4. The van der Waals surface area contributed by atoms with Crippen LogP contribution in [0.1, 0.15) is 27.2 Å². The van der Waals surface area contributed by atoms with Crippen LogP contribution in [0, 0.1) is 0 Å². The van der Waals surface area contributed by atoms with Gasteiger partial charge in [-0.05, 0) is 32.9 Å². The largest absolute Gasteiger partial charge is 0.471 e. The Balaban J connectivity index is 2.20.